The third-order valence-electron chi connectivity index (χ3n) is 13.6. The first-order valence-corrected chi connectivity index (χ1v) is 23.4. The fourth-order valence-corrected chi connectivity index (χ4v) is 10.5. The van der Waals surface area contributed by atoms with E-state index in [1.807, 2.05) is 13.8 Å². The van der Waals surface area contributed by atoms with Crippen LogP contribution < -0.4 is 0 Å². The van der Waals surface area contributed by atoms with Crippen molar-refractivity contribution in [2.75, 3.05) is 13.2 Å². The Kier molecular flexibility index (Phi) is 15.8. The van der Waals surface area contributed by atoms with E-state index >= 15 is 0 Å². The molecule has 0 aromatic carbocycles. The molecule has 0 spiro atoms. The Balaban J connectivity index is 0.000000160. The van der Waals surface area contributed by atoms with Crippen LogP contribution in [0.15, 0.2) is 12.2 Å². The van der Waals surface area contributed by atoms with Gasteiger partial charge in [-0.25, -0.2) is 0 Å². The number of aromatic amines is 3. The number of carbonyl (C=O) groups excluding carboxylic acids is 5. The van der Waals surface area contributed by atoms with Crippen molar-refractivity contribution in [2.24, 2.45) is 41.4 Å². The quantitative estimate of drug-likeness (QED) is 0.141. The van der Waals surface area contributed by atoms with Crippen molar-refractivity contribution in [3.8, 4) is 0 Å². The highest BCUT2D eigenvalue weighted by Crippen LogP contribution is 2.40. The first kappa shape index (κ1) is 46.3. The van der Waals surface area contributed by atoms with Crippen LogP contribution in [0.3, 0.4) is 0 Å². The van der Waals surface area contributed by atoms with Crippen LogP contribution in [0.2, 0.25) is 0 Å². The van der Waals surface area contributed by atoms with Gasteiger partial charge in [-0.05, 0) is 164 Å². The third kappa shape index (κ3) is 10.9. The zero-order valence-electron chi connectivity index (χ0n) is 36.9. The standard InChI is InChI=1S/2C19H26N2O3.C9H11IN2O/c2*1-4-24-19(23)15-7-6-14(9-11(15)2)18-16-8-5-13(12(3)22)10-17(16)20-21-18;1-5(13)6-2-3-7-8(4-6)11-12-9(7)10/h9,11,13,15H,4-8,10H2,1-3H3,(H,20,21);6,11,13,15H,4-5,7-10H2,1-3H3,(H,20,21);6H,2-4H2,1H3,(H,11,12)/t2*11-,13?,15+;/m00./s1. The first-order valence-electron chi connectivity index (χ1n) is 22.3. The molecule has 61 heavy (non-hydrogen) atoms. The normalized spacial score (nSPS) is 25.3. The van der Waals surface area contributed by atoms with E-state index in [2.05, 4.69) is 79.2 Å². The lowest BCUT2D eigenvalue weighted by Gasteiger charge is -2.27. The Bertz CT molecular complexity index is 2150. The van der Waals surface area contributed by atoms with Gasteiger partial charge in [0, 0.05) is 51.5 Å². The van der Waals surface area contributed by atoms with Crippen LogP contribution in [-0.4, -0.2) is 73.1 Å². The van der Waals surface area contributed by atoms with E-state index in [4.69, 9.17) is 9.47 Å². The van der Waals surface area contributed by atoms with E-state index < -0.39 is 0 Å². The number of carbonyl (C=O) groups is 5. The van der Waals surface area contributed by atoms with Crippen molar-refractivity contribution in [1.29, 1.82) is 0 Å². The largest absolute Gasteiger partial charge is 0.466 e. The highest BCUT2D eigenvalue weighted by atomic mass is 127. The molecule has 3 aromatic heterocycles. The van der Waals surface area contributed by atoms with Crippen LogP contribution in [0.5, 0.6) is 0 Å². The Labute approximate surface area is 373 Å². The second-order valence-corrected chi connectivity index (χ2v) is 18.7. The van der Waals surface area contributed by atoms with E-state index in [9.17, 15) is 24.0 Å². The van der Waals surface area contributed by atoms with Crippen LogP contribution in [0, 0.1) is 45.1 Å². The van der Waals surface area contributed by atoms with Gasteiger partial charge in [0.1, 0.15) is 21.1 Å². The maximum Gasteiger partial charge on any atom is 0.309 e. The van der Waals surface area contributed by atoms with Crippen molar-refractivity contribution in [1.82, 2.24) is 30.6 Å². The number of halogens is 1. The average Bonchev–Trinajstić information content (AvgIpc) is 3.97. The van der Waals surface area contributed by atoms with Gasteiger partial charge in [-0.1, -0.05) is 26.0 Å². The number of Topliss-reactive ketones (excluding diaryl/α,β-unsaturated/α-hetero) is 3. The van der Waals surface area contributed by atoms with Crippen molar-refractivity contribution in [3.05, 3.63) is 61.0 Å². The molecule has 0 aliphatic heterocycles. The minimum Gasteiger partial charge on any atom is -0.466 e. The summed E-state index contributed by atoms with van der Waals surface area (Å²) in [4.78, 5) is 58.5. The molecule has 5 aliphatic rings. The molecule has 14 heteroatoms. The predicted octanol–water partition coefficient (Wildman–Crippen LogP) is 7.90. The summed E-state index contributed by atoms with van der Waals surface area (Å²) in [6.45, 7) is 13.8. The van der Waals surface area contributed by atoms with Crippen molar-refractivity contribution < 1.29 is 33.4 Å². The molecule has 3 heterocycles. The maximum absolute atomic E-state index is 12.0. The van der Waals surface area contributed by atoms with E-state index in [-0.39, 0.29) is 64.9 Å². The molecule has 5 aliphatic carbocycles. The molecule has 330 valence electrons. The number of hydrogen-bond donors (Lipinski definition) is 3. The number of nitrogens with zero attached hydrogens (tertiary/aromatic N) is 3. The van der Waals surface area contributed by atoms with Crippen LogP contribution in [-0.2, 0) is 72.0 Å². The van der Waals surface area contributed by atoms with Crippen molar-refractivity contribution in [3.63, 3.8) is 0 Å². The third-order valence-corrected chi connectivity index (χ3v) is 14.5. The van der Waals surface area contributed by atoms with Gasteiger partial charge in [0.15, 0.2) is 0 Å². The molecule has 7 atom stereocenters. The molecule has 0 bridgehead atoms. The van der Waals surface area contributed by atoms with E-state index in [1.54, 1.807) is 20.8 Å². The number of ether oxygens (including phenoxy) is 2. The van der Waals surface area contributed by atoms with Crippen LogP contribution >= 0.6 is 22.6 Å². The summed E-state index contributed by atoms with van der Waals surface area (Å²) in [6.07, 6.45) is 15.5. The Morgan fingerprint density at radius 2 is 1.08 bits per heavy atom. The minimum atomic E-state index is -0.0892. The molecule has 0 amide bonds. The summed E-state index contributed by atoms with van der Waals surface area (Å²) in [6, 6.07) is 0. The minimum absolute atomic E-state index is 0.0504. The number of H-pyrrole nitrogens is 3. The number of rotatable bonds is 9. The van der Waals surface area contributed by atoms with Gasteiger partial charge in [0.2, 0.25) is 0 Å². The summed E-state index contributed by atoms with van der Waals surface area (Å²) >= 11 is 2.24. The lowest BCUT2D eigenvalue weighted by Crippen LogP contribution is -2.26. The van der Waals surface area contributed by atoms with E-state index in [1.165, 1.54) is 27.8 Å². The topological polar surface area (TPSA) is 190 Å². The second kappa shape index (κ2) is 20.8. The average molecular weight is 951 g/mol. The van der Waals surface area contributed by atoms with Gasteiger partial charge in [0.25, 0.3) is 0 Å². The number of esters is 2. The zero-order valence-corrected chi connectivity index (χ0v) is 39.0. The van der Waals surface area contributed by atoms with Gasteiger partial charge < -0.3 is 9.47 Å². The summed E-state index contributed by atoms with van der Waals surface area (Å²) in [7, 11) is 0. The molecule has 0 saturated heterocycles. The van der Waals surface area contributed by atoms with Crippen LogP contribution in [0.1, 0.15) is 139 Å². The van der Waals surface area contributed by atoms with Gasteiger partial charge >= 0.3 is 11.9 Å². The monoisotopic (exact) mass is 950 g/mol. The fourth-order valence-electron chi connectivity index (χ4n) is 9.77. The van der Waals surface area contributed by atoms with Gasteiger partial charge in [-0.15, -0.1) is 0 Å². The van der Waals surface area contributed by atoms with Crippen LogP contribution in [0.25, 0.3) is 11.1 Å². The van der Waals surface area contributed by atoms with Gasteiger partial charge in [-0.2, -0.15) is 15.3 Å². The molecule has 0 fully saturated rings. The lowest BCUT2D eigenvalue weighted by molar-refractivity contribution is -0.150. The van der Waals surface area contributed by atoms with E-state index in [0.29, 0.717) is 25.4 Å². The summed E-state index contributed by atoms with van der Waals surface area (Å²) in [5.74, 6) is 1.42. The first-order chi connectivity index (χ1) is 29.2. The molecular weight excluding hydrogens is 887 g/mol. The fraction of sp³-hybridized carbons (Fsp3) is 0.617. The number of nitrogens with one attached hydrogen (secondary N) is 3. The highest BCUT2D eigenvalue weighted by molar-refractivity contribution is 14.1. The second-order valence-electron chi connectivity index (χ2n) is 17.6. The lowest BCUT2D eigenvalue weighted by atomic mass is 9.78. The van der Waals surface area contributed by atoms with Crippen LogP contribution in [0.4, 0.5) is 0 Å². The number of allylic oxidation sites excluding steroid dienone is 4. The van der Waals surface area contributed by atoms with Crippen molar-refractivity contribution in [2.45, 2.75) is 132 Å². The number of aromatic nitrogens is 6. The SMILES string of the molecule is CC(=O)C1CCc2c(I)n[nH]c2C1.CCOC(=O)[C@@H]1CC=C(c2n[nH]c3c2CCC(C(C)=O)C3)C[C@@H]1C.CCOC(=O)[C@@H]1CCC(c2n[nH]c3c2CCC(C(C)=O)C3)=C[C@@H]1C. The number of hydrogen-bond acceptors (Lipinski definition) is 10. The molecule has 0 radical (unpaired) electrons. The van der Waals surface area contributed by atoms with Crippen molar-refractivity contribution >= 4 is 63.0 Å². The Hall–Kier alpha value is -4.21. The van der Waals surface area contributed by atoms with E-state index in [0.717, 1.165) is 109 Å². The molecule has 3 N–H and O–H groups in total. The summed E-state index contributed by atoms with van der Waals surface area (Å²) in [5.41, 5.74) is 11.8. The molecule has 13 nitrogen and oxygen atoms in total. The smallest absolute Gasteiger partial charge is 0.309 e. The molecular formula is C47H63IN6O7. The molecule has 3 unspecified atom stereocenters. The molecule has 0 saturated carbocycles. The Morgan fingerprint density at radius 3 is 1.56 bits per heavy atom. The Morgan fingerprint density at radius 1 is 0.623 bits per heavy atom. The predicted molar refractivity (Wildman–Crippen MR) is 240 cm³/mol. The molecule has 3 aromatic rings. The van der Waals surface area contributed by atoms with Gasteiger partial charge in [-0.3, -0.25) is 39.3 Å². The summed E-state index contributed by atoms with van der Waals surface area (Å²) < 4.78 is 11.4. The summed E-state index contributed by atoms with van der Waals surface area (Å²) in [5, 5.41) is 22.5. The maximum atomic E-state index is 12.0. The number of fused-ring (bicyclic) bond motifs is 3. The highest BCUT2D eigenvalue weighted by Gasteiger charge is 2.35. The molecule has 8 rings (SSSR count). The van der Waals surface area contributed by atoms with Gasteiger partial charge in [0.05, 0.1) is 36.4 Å². The zero-order chi connectivity index (χ0) is 44.0. The number of ketones is 3.